The molecule has 1 N–H and O–H groups in total. The van der Waals surface area contributed by atoms with E-state index in [1.807, 2.05) is 60.7 Å². The average Bonchev–Trinajstić information content (AvgIpc) is 3.75. The fraction of sp³-hybridized carbons (Fsp3) is 0.226. The maximum atomic E-state index is 13.2. The van der Waals surface area contributed by atoms with Crippen molar-refractivity contribution >= 4 is 17.5 Å². The van der Waals surface area contributed by atoms with Crippen LogP contribution in [0.4, 0.5) is 0 Å². The normalized spacial score (nSPS) is 15.4. The number of aromatic nitrogens is 2. The molecule has 2 aliphatic rings. The van der Waals surface area contributed by atoms with Gasteiger partial charge in [0.1, 0.15) is 5.82 Å². The van der Waals surface area contributed by atoms with Crippen molar-refractivity contribution in [3.63, 3.8) is 0 Å². The van der Waals surface area contributed by atoms with Gasteiger partial charge in [0.05, 0.1) is 41.3 Å². The zero-order valence-electron chi connectivity index (χ0n) is 20.7. The first-order valence-electron chi connectivity index (χ1n) is 12.7. The van der Waals surface area contributed by atoms with Gasteiger partial charge in [-0.1, -0.05) is 60.1 Å². The van der Waals surface area contributed by atoms with Gasteiger partial charge in [0.15, 0.2) is 0 Å². The van der Waals surface area contributed by atoms with Gasteiger partial charge in [0.25, 0.3) is 5.56 Å². The number of halogens is 1. The van der Waals surface area contributed by atoms with Gasteiger partial charge in [-0.2, -0.15) is 5.26 Å². The van der Waals surface area contributed by atoms with Crippen LogP contribution >= 0.6 is 11.6 Å². The van der Waals surface area contributed by atoms with E-state index in [0.717, 1.165) is 40.8 Å². The van der Waals surface area contributed by atoms with E-state index >= 15 is 0 Å². The number of fused-ring (bicyclic) bond motifs is 1. The molecule has 3 aromatic carbocycles. The molecule has 6 nitrogen and oxygen atoms in total. The number of nitriles is 1. The first kappa shape index (κ1) is 24.1. The second-order valence-corrected chi connectivity index (χ2v) is 10.5. The Bertz CT molecular complexity index is 1650. The first-order chi connectivity index (χ1) is 18.4. The van der Waals surface area contributed by atoms with Crippen molar-refractivity contribution in [2.45, 2.75) is 37.6 Å². The number of hydrogen-bond acceptors (Lipinski definition) is 4. The zero-order chi connectivity index (χ0) is 26.3. The van der Waals surface area contributed by atoms with Crippen LogP contribution in [0.5, 0.6) is 0 Å². The van der Waals surface area contributed by atoms with E-state index in [9.17, 15) is 9.59 Å². The minimum atomic E-state index is -0.286. The third-order valence-electron chi connectivity index (χ3n) is 7.63. The third kappa shape index (κ3) is 4.51. The number of carbonyl (C=O) groups excluding carboxylic acids is 1. The van der Waals surface area contributed by atoms with Crippen LogP contribution in [0.25, 0.3) is 11.1 Å². The molecule has 1 aliphatic carbocycles. The fourth-order valence-electron chi connectivity index (χ4n) is 5.32. The van der Waals surface area contributed by atoms with E-state index in [0.29, 0.717) is 34.9 Å². The van der Waals surface area contributed by atoms with Crippen molar-refractivity contribution in [1.29, 1.82) is 5.26 Å². The van der Waals surface area contributed by atoms with Crippen molar-refractivity contribution in [3.05, 3.63) is 122 Å². The summed E-state index contributed by atoms with van der Waals surface area (Å²) < 4.78 is 0. The minimum Gasteiger partial charge on any atom is -0.337 e. The summed E-state index contributed by atoms with van der Waals surface area (Å²) in [6.07, 6.45) is 2.64. The number of benzene rings is 3. The summed E-state index contributed by atoms with van der Waals surface area (Å²) in [6.45, 7) is 0.789. The Kier molecular flexibility index (Phi) is 6.09. The van der Waals surface area contributed by atoms with Crippen molar-refractivity contribution in [2.75, 3.05) is 6.54 Å². The molecular weight excluding hydrogens is 496 g/mol. The summed E-state index contributed by atoms with van der Waals surface area (Å²) in [5, 5.41) is 9.70. The number of H-pyrrole nitrogens is 1. The van der Waals surface area contributed by atoms with Gasteiger partial charge in [0, 0.05) is 18.0 Å². The smallest absolute Gasteiger partial charge is 0.256 e. The monoisotopic (exact) mass is 520 g/mol. The molecule has 1 saturated carbocycles. The lowest BCUT2D eigenvalue weighted by molar-refractivity contribution is -0.131. The van der Waals surface area contributed by atoms with Gasteiger partial charge < -0.3 is 9.88 Å². The van der Waals surface area contributed by atoms with Crippen LogP contribution in [-0.2, 0) is 29.6 Å². The van der Waals surface area contributed by atoms with E-state index in [2.05, 4.69) is 11.1 Å². The van der Waals surface area contributed by atoms with Crippen LogP contribution in [0.1, 0.15) is 46.6 Å². The fourth-order valence-corrected chi connectivity index (χ4v) is 5.51. The molecule has 0 atom stereocenters. The first-order valence-corrected chi connectivity index (χ1v) is 13.1. The SMILES string of the molecule is N#Cc1ccc(-c2cccc(CC(=O)N3CCc4nc(C5(c6cccc(Cl)c6)CC5)[nH]c(=O)c4C3)c2)cc1. The van der Waals surface area contributed by atoms with E-state index in [4.69, 9.17) is 21.8 Å². The van der Waals surface area contributed by atoms with E-state index in [1.54, 1.807) is 17.0 Å². The van der Waals surface area contributed by atoms with Crippen LogP contribution in [0, 0.1) is 11.3 Å². The second-order valence-electron chi connectivity index (χ2n) is 10.1. The highest BCUT2D eigenvalue weighted by Crippen LogP contribution is 2.52. The van der Waals surface area contributed by atoms with Crippen molar-refractivity contribution < 1.29 is 4.79 Å². The number of rotatable bonds is 5. The van der Waals surface area contributed by atoms with Crippen LogP contribution in [0.15, 0.2) is 77.6 Å². The van der Waals surface area contributed by atoms with Crippen molar-refractivity contribution in [2.24, 2.45) is 0 Å². The molecule has 6 rings (SSSR count). The van der Waals surface area contributed by atoms with Crippen LogP contribution in [0.3, 0.4) is 0 Å². The number of aromatic amines is 1. The number of amides is 1. The molecule has 7 heteroatoms. The Labute approximate surface area is 225 Å². The third-order valence-corrected chi connectivity index (χ3v) is 7.87. The molecule has 1 aromatic heterocycles. The molecule has 1 amide bonds. The molecule has 38 heavy (non-hydrogen) atoms. The molecule has 1 fully saturated rings. The molecule has 0 radical (unpaired) electrons. The summed E-state index contributed by atoms with van der Waals surface area (Å²) >= 11 is 6.23. The quantitative estimate of drug-likeness (QED) is 0.393. The van der Waals surface area contributed by atoms with Crippen molar-refractivity contribution in [3.8, 4) is 17.2 Å². The summed E-state index contributed by atoms with van der Waals surface area (Å²) in [6, 6.07) is 25.2. The number of hydrogen-bond donors (Lipinski definition) is 1. The number of nitrogens with one attached hydrogen (secondary N) is 1. The largest absolute Gasteiger partial charge is 0.337 e. The van der Waals surface area contributed by atoms with Gasteiger partial charge in [-0.05, 0) is 59.4 Å². The van der Waals surface area contributed by atoms with Gasteiger partial charge in [-0.25, -0.2) is 4.98 Å². The summed E-state index contributed by atoms with van der Waals surface area (Å²) in [5.41, 5.74) is 5.47. The molecular formula is C31H25ClN4O2. The zero-order valence-corrected chi connectivity index (χ0v) is 21.5. The summed E-state index contributed by atoms with van der Waals surface area (Å²) in [4.78, 5) is 36.0. The maximum Gasteiger partial charge on any atom is 0.256 e. The molecule has 4 aromatic rings. The number of nitrogens with zero attached hydrogens (tertiary/aromatic N) is 3. The highest BCUT2D eigenvalue weighted by atomic mass is 35.5. The highest BCUT2D eigenvalue weighted by Gasteiger charge is 2.48. The Morgan fingerprint density at radius 2 is 1.84 bits per heavy atom. The van der Waals surface area contributed by atoms with Crippen LogP contribution in [-0.4, -0.2) is 27.3 Å². The topological polar surface area (TPSA) is 89.8 Å². The molecule has 2 heterocycles. The highest BCUT2D eigenvalue weighted by molar-refractivity contribution is 6.30. The van der Waals surface area contributed by atoms with Gasteiger partial charge in [-0.15, -0.1) is 0 Å². The van der Waals surface area contributed by atoms with Gasteiger partial charge in [0.2, 0.25) is 5.91 Å². The minimum absolute atomic E-state index is 0.0197. The van der Waals surface area contributed by atoms with E-state index in [1.165, 1.54) is 0 Å². The van der Waals surface area contributed by atoms with Crippen LogP contribution < -0.4 is 5.56 Å². The predicted molar refractivity (Wildman–Crippen MR) is 146 cm³/mol. The maximum absolute atomic E-state index is 13.2. The molecule has 0 unspecified atom stereocenters. The molecule has 0 spiro atoms. The van der Waals surface area contributed by atoms with E-state index < -0.39 is 0 Å². The molecule has 0 saturated heterocycles. The molecule has 188 valence electrons. The Morgan fingerprint density at radius 1 is 1.05 bits per heavy atom. The average molecular weight is 521 g/mol. The summed E-state index contributed by atoms with van der Waals surface area (Å²) in [5.74, 6) is 0.677. The predicted octanol–water partition coefficient (Wildman–Crippen LogP) is 5.17. The Balaban J connectivity index is 1.19. The Morgan fingerprint density at radius 3 is 2.58 bits per heavy atom. The second kappa shape index (κ2) is 9.59. The lowest BCUT2D eigenvalue weighted by Crippen LogP contribution is -2.41. The number of carbonyl (C=O) groups is 1. The molecule has 0 bridgehead atoms. The van der Waals surface area contributed by atoms with Gasteiger partial charge in [-0.3, -0.25) is 9.59 Å². The van der Waals surface area contributed by atoms with Crippen molar-refractivity contribution in [1.82, 2.24) is 14.9 Å². The lowest BCUT2D eigenvalue weighted by atomic mass is 9.94. The molecule has 1 aliphatic heterocycles. The van der Waals surface area contributed by atoms with E-state index in [-0.39, 0.29) is 29.8 Å². The lowest BCUT2D eigenvalue weighted by Gasteiger charge is -2.29. The van der Waals surface area contributed by atoms with Gasteiger partial charge >= 0.3 is 0 Å². The Hall–Kier alpha value is -4.21. The summed E-state index contributed by atoms with van der Waals surface area (Å²) in [7, 11) is 0. The van der Waals surface area contributed by atoms with Crippen LogP contribution in [0.2, 0.25) is 5.02 Å². The standard InChI is InChI=1S/C31H25ClN4O2/c32-25-6-2-5-24(17-25)31(12-13-31)30-34-27-11-14-36(19-26(27)29(38)35-30)28(37)16-21-3-1-4-23(15-21)22-9-7-20(18-33)8-10-22/h1-10,15,17H,11-14,16,19H2,(H,34,35,38).